The molecule has 0 aliphatic rings. The highest BCUT2D eigenvalue weighted by Gasteiger charge is 2.39. The highest BCUT2D eigenvalue weighted by atomic mass is 16.5. The Morgan fingerprint density at radius 2 is 2.06 bits per heavy atom. The van der Waals surface area contributed by atoms with E-state index in [2.05, 4.69) is 11.9 Å². The van der Waals surface area contributed by atoms with Gasteiger partial charge in [0.15, 0.2) is 0 Å². The molecule has 0 fully saturated rings. The third-order valence-electron chi connectivity index (χ3n) is 2.97. The Kier molecular flexibility index (Phi) is 5.59. The van der Waals surface area contributed by atoms with Crippen molar-refractivity contribution in [2.24, 2.45) is 0 Å². The standard InChI is InChI=1S/C15H21NO2/c1-4-12-16-15(5-2,14(17)18-6-3)13-10-8-7-9-11-13/h4,7-11,16H,1,5-6,12H2,2-3H3. The number of nitrogens with one attached hydrogen (secondary N) is 1. The van der Waals surface area contributed by atoms with E-state index in [4.69, 9.17) is 4.74 Å². The van der Waals surface area contributed by atoms with Gasteiger partial charge in [0.2, 0.25) is 0 Å². The van der Waals surface area contributed by atoms with Crippen molar-refractivity contribution >= 4 is 5.97 Å². The molecule has 1 rings (SSSR count). The molecular weight excluding hydrogens is 226 g/mol. The summed E-state index contributed by atoms with van der Waals surface area (Å²) in [5, 5.41) is 3.24. The Hall–Kier alpha value is -1.61. The number of hydrogen-bond donors (Lipinski definition) is 1. The van der Waals surface area contributed by atoms with Gasteiger partial charge in [-0.25, -0.2) is 4.79 Å². The van der Waals surface area contributed by atoms with Crippen LogP contribution in [0.3, 0.4) is 0 Å². The van der Waals surface area contributed by atoms with Gasteiger partial charge in [-0.15, -0.1) is 6.58 Å². The highest BCUT2D eigenvalue weighted by molar-refractivity contribution is 5.82. The number of benzene rings is 1. The fourth-order valence-corrected chi connectivity index (χ4v) is 1.99. The number of esters is 1. The lowest BCUT2D eigenvalue weighted by Crippen LogP contribution is -2.49. The van der Waals surface area contributed by atoms with Crippen molar-refractivity contribution in [3.63, 3.8) is 0 Å². The molecule has 1 aromatic rings. The molecule has 0 radical (unpaired) electrons. The first kappa shape index (κ1) is 14.5. The van der Waals surface area contributed by atoms with Crippen molar-refractivity contribution in [1.29, 1.82) is 0 Å². The van der Waals surface area contributed by atoms with Gasteiger partial charge in [-0.3, -0.25) is 5.32 Å². The van der Waals surface area contributed by atoms with E-state index in [-0.39, 0.29) is 5.97 Å². The summed E-state index contributed by atoms with van der Waals surface area (Å²) in [6, 6.07) is 9.67. The van der Waals surface area contributed by atoms with Gasteiger partial charge >= 0.3 is 5.97 Å². The summed E-state index contributed by atoms with van der Waals surface area (Å²) in [7, 11) is 0. The van der Waals surface area contributed by atoms with Crippen molar-refractivity contribution < 1.29 is 9.53 Å². The van der Waals surface area contributed by atoms with Crippen LogP contribution in [-0.2, 0) is 15.1 Å². The third kappa shape index (κ3) is 2.99. The lowest BCUT2D eigenvalue weighted by Gasteiger charge is -2.31. The maximum atomic E-state index is 12.3. The first-order chi connectivity index (χ1) is 8.71. The van der Waals surface area contributed by atoms with Crippen LogP contribution in [-0.4, -0.2) is 19.1 Å². The molecule has 1 N–H and O–H groups in total. The summed E-state index contributed by atoms with van der Waals surface area (Å²) < 4.78 is 5.21. The van der Waals surface area contributed by atoms with Crippen LogP contribution in [0, 0.1) is 0 Å². The smallest absolute Gasteiger partial charge is 0.330 e. The summed E-state index contributed by atoms with van der Waals surface area (Å²) >= 11 is 0. The average Bonchev–Trinajstić information content (AvgIpc) is 2.42. The predicted molar refractivity (Wildman–Crippen MR) is 73.2 cm³/mol. The van der Waals surface area contributed by atoms with Crippen LogP contribution in [0.15, 0.2) is 43.0 Å². The second kappa shape index (κ2) is 6.97. The zero-order valence-electron chi connectivity index (χ0n) is 11.1. The van der Waals surface area contributed by atoms with Gasteiger partial charge in [0.25, 0.3) is 0 Å². The van der Waals surface area contributed by atoms with Gasteiger partial charge in [0, 0.05) is 6.54 Å². The van der Waals surface area contributed by atoms with Crippen LogP contribution < -0.4 is 5.32 Å². The molecule has 18 heavy (non-hydrogen) atoms. The minimum absolute atomic E-state index is 0.236. The van der Waals surface area contributed by atoms with E-state index >= 15 is 0 Å². The van der Waals surface area contributed by atoms with Gasteiger partial charge in [-0.2, -0.15) is 0 Å². The van der Waals surface area contributed by atoms with Crippen LogP contribution >= 0.6 is 0 Å². The van der Waals surface area contributed by atoms with E-state index in [1.54, 1.807) is 6.08 Å². The van der Waals surface area contributed by atoms with Crippen LogP contribution in [0.4, 0.5) is 0 Å². The van der Waals surface area contributed by atoms with Crippen molar-refractivity contribution in [2.45, 2.75) is 25.8 Å². The molecule has 1 atom stereocenters. The maximum Gasteiger partial charge on any atom is 0.330 e. The zero-order chi connectivity index (χ0) is 13.4. The highest BCUT2D eigenvalue weighted by Crippen LogP contribution is 2.26. The SMILES string of the molecule is C=CCNC(CC)(C(=O)OCC)c1ccccc1. The largest absolute Gasteiger partial charge is 0.464 e. The number of hydrogen-bond acceptors (Lipinski definition) is 3. The van der Waals surface area contributed by atoms with Crippen LogP contribution in [0.1, 0.15) is 25.8 Å². The minimum Gasteiger partial charge on any atom is -0.464 e. The number of carbonyl (C=O) groups excluding carboxylic acids is 1. The van der Waals surface area contributed by atoms with Crippen LogP contribution in [0.25, 0.3) is 0 Å². The zero-order valence-corrected chi connectivity index (χ0v) is 11.1. The molecular formula is C15H21NO2. The van der Waals surface area contributed by atoms with E-state index in [1.807, 2.05) is 44.2 Å². The number of carbonyl (C=O) groups is 1. The molecule has 0 aromatic heterocycles. The van der Waals surface area contributed by atoms with Gasteiger partial charge in [-0.1, -0.05) is 43.3 Å². The average molecular weight is 247 g/mol. The molecule has 0 spiro atoms. The van der Waals surface area contributed by atoms with Crippen LogP contribution in [0.2, 0.25) is 0 Å². The number of rotatable bonds is 7. The van der Waals surface area contributed by atoms with Crippen molar-refractivity contribution in [3.05, 3.63) is 48.6 Å². The van der Waals surface area contributed by atoms with Gasteiger partial charge in [0.05, 0.1) is 6.61 Å². The molecule has 0 bridgehead atoms. The number of ether oxygens (including phenoxy) is 1. The maximum absolute atomic E-state index is 12.3. The third-order valence-corrected chi connectivity index (χ3v) is 2.97. The van der Waals surface area contributed by atoms with E-state index in [9.17, 15) is 4.79 Å². The molecule has 0 heterocycles. The molecule has 3 heteroatoms. The Balaban J connectivity index is 3.13. The van der Waals surface area contributed by atoms with E-state index < -0.39 is 5.54 Å². The summed E-state index contributed by atoms with van der Waals surface area (Å²) in [4.78, 5) is 12.3. The Bertz CT molecular complexity index is 389. The van der Waals surface area contributed by atoms with Gasteiger partial charge < -0.3 is 4.74 Å². The predicted octanol–water partition coefficient (Wildman–Crippen LogP) is 2.63. The Morgan fingerprint density at radius 3 is 2.56 bits per heavy atom. The molecule has 98 valence electrons. The van der Waals surface area contributed by atoms with Gasteiger partial charge in [0.1, 0.15) is 5.54 Å². The molecule has 0 aliphatic carbocycles. The summed E-state index contributed by atoms with van der Waals surface area (Å²) in [5.41, 5.74) is 0.138. The van der Waals surface area contributed by atoms with E-state index in [0.29, 0.717) is 19.6 Å². The van der Waals surface area contributed by atoms with E-state index in [1.165, 1.54) is 0 Å². The molecule has 1 unspecified atom stereocenters. The summed E-state index contributed by atoms with van der Waals surface area (Å²) in [5.74, 6) is -0.236. The lowest BCUT2D eigenvalue weighted by molar-refractivity contribution is -0.152. The summed E-state index contributed by atoms with van der Waals surface area (Å²) in [6.45, 7) is 8.41. The topological polar surface area (TPSA) is 38.3 Å². The van der Waals surface area contributed by atoms with Crippen molar-refractivity contribution in [1.82, 2.24) is 5.32 Å². The second-order valence-corrected chi connectivity index (χ2v) is 4.01. The second-order valence-electron chi connectivity index (χ2n) is 4.01. The fourth-order valence-electron chi connectivity index (χ4n) is 1.99. The normalized spacial score (nSPS) is 13.7. The first-order valence-electron chi connectivity index (χ1n) is 6.30. The molecule has 3 nitrogen and oxygen atoms in total. The molecule has 0 aliphatic heterocycles. The van der Waals surface area contributed by atoms with Gasteiger partial charge in [-0.05, 0) is 18.9 Å². The van der Waals surface area contributed by atoms with Crippen LogP contribution in [0.5, 0.6) is 0 Å². The summed E-state index contributed by atoms with van der Waals surface area (Å²) in [6.07, 6.45) is 2.37. The molecule has 0 saturated heterocycles. The minimum atomic E-state index is -0.786. The van der Waals surface area contributed by atoms with E-state index in [0.717, 1.165) is 5.56 Å². The first-order valence-corrected chi connectivity index (χ1v) is 6.30. The molecule has 0 saturated carbocycles. The Morgan fingerprint density at radius 1 is 1.39 bits per heavy atom. The Labute approximate surface area is 109 Å². The molecule has 0 amide bonds. The lowest BCUT2D eigenvalue weighted by atomic mass is 9.87. The molecule has 1 aromatic carbocycles. The fraction of sp³-hybridized carbons (Fsp3) is 0.400. The quantitative estimate of drug-likeness (QED) is 0.594. The van der Waals surface area contributed by atoms with Crippen molar-refractivity contribution in [3.8, 4) is 0 Å². The van der Waals surface area contributed by atoms with Crippen molar-refractivity contribution in [2.75, 3.05) is 13.2 Å². The monoisotopic (exact) mass is 247 g/mol.